The van der Waals surface area contributed by atoms with Crippen LogP contribution in [0.3, 0.4) is 0 Å². The minimum absolute atomic E-state index is 0.0266. The monoisotopic (exact) mass is 426 g/mol. The Balaban J connectivity index is 2.13. The molecular weight excluding hydrogens is 384 g/mol. The van der Waals surface area contributed by atoms with Crippen molar-refractivity contribution >= 4 is 11.9 Å². The zero-order valence-electron chi connectivity index (χ0n) is 19.3. The molecule has 6 atom stereocenters. The topological polar surface area (TPSA) is 104 Å². The second kappa shape index (κ2) is 9.99. The van der Waals surface area contributed by atoms with Crippen molar-refractivity contribution in [3.05, 3.63) is 0 Å². The van der Waals surface area contributed by atoms with E-state index in [1.165, 1.54) is 0 Å². The van der Waals surface area contributed by atoms with Crippen LogP contribution in [-0.2, 0) is 14.3 Å². The van der Waals surface area contributed by atoms with Crippen molar-refractivity contribution in [3.8, 4) is 0 Å². The molecule has 30 heavy (non-hydrogen) atoms. The molecule has 3 N–H and O–H groups in total. The number of carboxylic acid groups (broad SMARTS) is 1. The van der Waals surface area contributed by atoms with Gasteiger partial charge in [-0.3, -0.25) is 9.59 Å². The molecule has 0 aromatic rings. The zero-order chi connectivity index (χ0) is 22.6. The van der Waals surface area contributed by atoms with E-state index in [1.54, 1.807) is 0 Å². The van der Waals surface area contributed by atoms with Gasteiger partial charge in [-0.1, -0.05) is 33.6 Å². The highest BCUT2D eigenvalue weighted by molar-refractivity contribution is 5.76. The van der Waals surface area contributed by atoms with Gasteiger partial charge in [0.2, 0.25) is 0 Å². The Morgan fingerprint density at radius 2 is 1.80 bits per heavy atom. The number of ether oxygens (including phenoxy) is 1. The van der Waals surface area contributed by atoms with Gasteiger partial charge in [0.15, 0.2) is 0 Å². The number of aliphatic carboxylic acids is 1. The maximum atomic E-state index is 12.0. The molecule has 0 unspecified atom stereocenters. The van der Waals surface area contributed by atoms with E-state index >= 15 is 0 Å². The van der Waals surface area contributed by atoms with E-state index in [0.717, 1.165) is 51.4 Å². The summed E-state index contributed by atoms with van der Waals surface area (Å²) in [6, 6.07) is 0. The largest absolute Gasteiger partial charge is 0.481 e. The van der Waals surface area contributed by atoms with Crippen molar-refractivity contribution in [2.24, 2.45) is 28.6 Å². The number of carbonyl (C=O) groups excluding carboxylic acids is 1. The molecular formula is C24H42O6. The van der Waals surface area contributed by atoms with Crippen molar-refractivity contribution in [2.75, 3.05) is 13.2 Å². The van der Waals surface area contributed by atoms with E-state index in [-0.39, 0.29) is 36.2 Å². The van der Waals surface area contributed by atoms with Gasteiger partial charge in [-0.25, -0.2) is 0 Å². The van der Waals surface area contributed by atoms with Crippen LogP contribution in [0.15, 0.2) is 0 Å². The summed E-state index contributed by atoms with van der Waals surface area (Å²) in [5.74, 6) is -0.476. The van der Waals surface area contributed by atoms with Gasteiger partial charge < -0.3 is 20.1 Å². The van der Waals surface area contributed by atoms with Crippen molar-refractivity contribution in [1.82, 2.24) is 0 Å². The number of hydrogen-bond donors (Lipinski definition) is 3. The molecule has 2 rings (SSSR count). The molecule has 2 aliphatic rings. The summed E-state index contributed by atoms with van der Waals surface area (Å²) < 4.78 is 5.55. The SMILES string of the molecule is C[C@H](CCO)CC[C@H]1[C@]2(C)CCC[C@](C)(COC(=O)CCC(=O)O)[C@H]2CC[C@]1(C)O. The Morgan fingerprint density at radius 3 is 2.43 bits per heavy atom. The van der Waals surface area contributed by atoms with Gasteiger partial charge >= 0.3 is 11.9 Å². The summed E-state index contributed by atoms with van der Waals surface area (Å²) in [5, 5.41) is 29.3. The summed E-state index contributed by atoms with van der Waals surface area (Å²) in [7, 11) is 0. The number of carbonyl (C=O) groups is 2. The summed E-state index contributed by atoms with van der Waals surface area (Å²) in [6.45, 7) is 9.18. The average molecular weight is 427 g/mol. The summed E-state index contributed by atoms with van der Waals surface area (Å²) in [5.41, 5.74) is -0.890. The lowest BCUT2D eigenvalue weighted by atomic mass is 9.45. The maximum Gasteiger partial charge on any atom is 0.306 e. The molecule has 0 heterocycles. The van der Waals surface area contributed by atoms with Crippen molar-refractivity contribution in [1.29, 1.82) is 0 Å². The van der Waals surface area contributed by atoms with E-state index in [9.17, 15) is 19.8 Å². The third-order valence-electron chi connectivity index (χ3n) is 8.26. The molecule has 2 fully saturated rings. The molecule has 174 valence electrons. The third kappa shape index (κ3) is 5.76. The van der Waals surface area contributed by atoms with Gasteiger partial charge in [0.1, 0.15) is 0 Å². The smallest absolute Gasteiger partial charge is 0.306 e. The van der Waals surface area contributed by atoms with Crippen molar-refractivity contribution < 1.29 is 29.6 Å². The molecule has 0 amide bonds. The normalized spacial score (nSPS) is 37.3. The molecule has 6 nitrogen and oxygen atoms in total. The Bertz CT molecular complexity index is 603. The predicted octanol–water partition coefficient (Wildman–Crippen LogP) is 4.17. The lowest BCUT2D eigenvalue weighted by Crippen LogP contribution is -2.59. The molecule has 0 aromatic heterocycles. The van der Waals surface area contributed by atoms with Gasteiger partial charge in [-0.05, 0) is 68.6 Å². The quantitative estimate of drug-likeness (QED) is 0.453. The average Bonchev–Trinajstić information content (AvgIpc) is 2.63. The first kappa shape index (κ1) is 25.1. The fourth-order valence-corrected chi connectivity index (χ4v) is 6.59. The lowest BCUT2D eigenvalue weighted by Gasteiger charge is -2.61. The highest BCUT2D eigenvalue weighted by atomic mass is 16.5. The van der Waals surface area contributed by atoms with Gasteiger partial charge in [0.05, 0.1) is 25.0 Å². The Morgan fingerprint density at radius 1 is 1.10 bits per heavy atom. The standard InChI is InChI=1S/C24H42O6/c1-17(11-15-25)6-7-19-23(3)13-5-12-22(2,18(23)10-14-24(19,4)29)16-30-21(28)9-8-20(26)27/h17-19,25,29H,5-16H2,1-4H3,(H,26,27)/t17-,18+,19-,22+,23+,24-/m0/s1. The lowest BCUT2D eigenvalue weighted by molar-refractivity contribution is -0.188. The molecule has 0 spiro atoms. The zero-order valence-corrected chi connectivity index (χ0v) is 19.3. The van der Waals surface area contributed by atoms with Gasteiger partial charge in [0, 0.05) is 12.0 Å². The summed E-state index contributed by atoms with van der Waals surface area (Å²) >= 11 is 0. The van der Waals surface area contributed by atoms with E-state index in [4.69, 9.17) is 9.84 Å². The highest BCUT2D eigenvalue weighted by Crippen LogP contribution is 2.63. The summed E-state index contributed by atoms with van der Waals surface area (Å²) in [6.07, 6.45) is 7.17. The van der Waals surface area contributed by atoms with E-state index in [1.807, 2.05) is 6.92 Å². The molecule has 2 saturated carbocycles. The molecule has 0 radical (unpaired) electrons. The first-order valence-electron chi connectivity index (χ1n) is 11.7. The first-order valence-corrected chi connectivity index (χ1v) is 11.7. The van der Waals surface area contributed by atoms with Gasteiger partial charge in [0.25, 0.3) is 0 Å². The molecule has 6 heteroatoms. The number of hydrogen-bond acceptors (Lipinski definition) is 5. The van der Waals surface area contributed by atoms with Crippen LogP contribution >= 0.6 is 0 Å². The van der Waals surface area contributed by atoms with Gasteiger partial charge in [-0.15, -0.1) is 0 Å². The first-order chi connectivity index (χ1) is 13.9. The van der Waals surface area contributed by atoms with Crippen LogP contribution in [0.4, 0.5) is 0 Å². The third-order valence-corrected chi connectivity index (χ3v) is 8.26. The fourth-order valence-electron chi connectivity index (χ4n) is 6.59. The fraction of sp³-hybridized carbons (Fsp3) is 0.917. The summed E-state index contributed by atoms with van der Waals surface area (Å²) in [4.78, 5) is 22.7. The predicted molar refractivity (Wildman–Crippen MR) is 115 cm³/mol. The van der Waals surface area contributed by atoms with Crippen LogP contribution in [0.1, 0.15) is 91.9 Å². The number of fused-ring (bicyclic) bond motifs is 1. The minimum atomic E-state index is -0.990. The van der Waals surface area contributed by atoms with E-state index in [0.29, 0.717) is 18.4 Å². The van der Waals surface area contributed by atoms with Crippen LogP contribution in [0.2, 0.25) is 0 Å². The van der Waals surface area contributed by atoms with Crippen LogP contribution in [-0.4, -0.2) is 46.1 Å². The van der Waals surface area contributed by atoms with Crippen LogP contribution in [0.5, 0.6) is 0 Å². The number of aliphatic hydroxyl groups excluding tert-OH is 1. The molecule has 0 bridgehead atoms. The van der Waals surface area contributed by atoms with Crippen LogP contribution in [0.25, 0.3) is 0 Å². The van der Waals surface area contributed by atoms with Crippen LogP contribution in [0, 0.1) is 28.6 Å². The maximum absolute atomic E-state index is 12.0. The highest BCUT2D eigenvalue weighted by Gasteiger charge is 2.59. The number of aliphatic hydroxyl groups is 2. The molecule has 0 aliphatic heterocycles. The number of esters is 1. The Labute approximate surface area is 181 Å². The van der Waals surface area contributed by atoms with E-state index < -0.39 is 17.5 Å². The van der Waals surface area contributed by atoms with Crippen LogP contribution < -0.4 is 0 Å². The van der Waals surface area contributed by atoms with Crippen molar-refractivity contribution in [3.63, 3.8) is 0 Å². The molecule has 0 aromatic carbocycles. The number of carboxylic acids is 1. The Hall–Kier alpha value is -1.14. The van der Waals surface area contributed by atoms with E-state index in [2.05, 4.69) is 20.8 Å². The second-order valence-corrected chi connectivity index (χ2v) is 10.8. The van der Waals surface area contributed by atoms with Crippen molar-refractivity contribution in [2.45, 2.75) is 97.5 Å². The molecule has 0 saturated heterocycles. The Kier molecular flexibility index (Phi) is 8.36. The minimum Gasteiger partial charge on any atom is -0.481 e. The van der Waals surface area contributed by atoms with Gasteiger partial charge in [-0.2, -0.15) is 0 Å². The number of rotatable bonds is 10. The second-order valence-electron chi connectivity index (χ2n) is 10.8. The molecule has 2 aliphatic carbocycles.